The van der Waals surface area contributed by atoms with Gasteiger partial charge in [-0.15, -0.1) is 0 Å². The second kappa shape index (κ2) is 3.11. The molecule has 0 aromatic heterocycles. The molecular weight excluding hydrogens is 186 g/mol. The number of ether oxygens (including phenoxy) is 1. The Hall–Kier alpha value is -0.890. The molecule has 0 radical (unpaired) electrons. The van der Waals surface area contributed by atoms with Crippen molar-refractivity contribution >= 4 is 17.3 Å². The topological polar surface area (TPSA) is 21.3 Å². The van der Waals surface area contributed by atoms with E-state index in [1.165, 1.54) is 0 Å². The number of anilines is 1. The van der Waals surface area contributed by atoms with E-state index in [2.05, 4.69) is 12.2 Å². The maximum Gasteiger partial charge on any atom is 0.145 e. The van der Waals surface area contributed by atoms with Crippen molar-refractivity contribution in [2.24, 2.45) is 0 Å². The average molecular weight is 198 g/mol. The summed E-state index contributed by atoms with van der Waals surface area (Å²) in [6.07, 6.45) is 0. The Kier molecular flexibility index (Phi) is 2.08. The van der Waals surface area contributed by atoms with Gasteiger partial charge in [-0.2, -0.15) is 0 Å². The van der Waals surface area contributed by atoms with Crippen LogP contribution in [0.1, 0.15) is 12.5 Å². The molecule has 1 aliphatic heterocycles. The number of hydrogen-bond donors (Lipinski definition) is 1. The molecule has 1 N–H and O–H groups in total. The number of halogens is 1. The number of rotatable bonds is 0. The maximum absolute atomic E-state index is 5.93. The van der Waals surface area contributed by atoms with Crippen LogP contribution < -0.4 is 10.1 Å². The number of nitrogens with one attached hydrogen (secondary N) is 1. The van der Waals surface area contributed by atoms with E-state index in [0.717, 1.165) is 28.6 Å². The van der Waals surface area contributed by atoms with E-state index in [4.69, 9.17) is 16.3 Å². The first-order valence-corrected chi connectivity index (χ1v) is 4.74. The van der Waals surface area contributed by atoms with Crippen molar-refractivity contribution in [1.82, 2.24) is 0 Å². The fourth-order valence-electron chi connectivity index (χ4n) is 1.54. The van der Waals surface area contributed by atoms with E-state index < -0.39 is 0 Å². The molecule has 0 fully saturated rings. The van der Waals surface area contributed by atoms with Gasteiger partial charge in [0.25, 0.3) is 0 Å². The van der Waals surface area contributed by atoms with Gasteiger partial charge in [0, 0.05) is 5.02 Å². The van der Waals surface area contributed by atoms with Crippen molar-refractivity contribution in [3.63, 3.8) is 0 Å². The van der Waals surface area contributed by atoms with Gasteiger partial charge < -0.3 is 10.1 Å². The molecule has 1 aliphatic rings. The molecule has 70 valence electrons. The highest BCUT2D eigenvalue weighted by Gasteiger charge is 2.17. The van der Waals surface area contributed by atoms with Gasteiger partial charge in [0.2, 0.25) is 0 Å². The smallest absolute Gasteiger partial charge is 0.145 e. The molecule has 0 bridgehead atoms. The molecule has 2 nitrogen and oxygen atoms in total. The molecular formula is C10H12ClNO. The minimum absolute atomic E-state index is 0.352. The number of hydrogen-bond acceptors (Lipinski definition) is 2. The summed E-state index contributed by atoms with van der Waals surface area (Å²) in [5, 5.41) is 4.08. The molecule has 1 aromatic carbocycles. The largest absolute Gasteiger partial charge is 0.489 e. The van der Waals surface area contributed by atoms with Gasteiger partial charge in [-0.1, -0.05) is 11.6 Å². The van der Waals surface area contributed by atoms with Crippen LogP contribution in [0.2, 0.25) is 5.02 Å². The third-order valence-electron chi connectivity index (χ3n) is 2.12. The van der Waals surface area contributed by atoms with Crippen molar-refractivity contribution < 1.29 is 4.74 Å². The first kappa shape index (κ1) is 8.70. The Balaban J connectivity index is 2.47. The van der Waals surface area contributed by atoms with E-state index in [9.17, 15) is 0 Å². The summed E-state index contributed by atoms with van der Waals surface area (Å²) >= 11 is 5.93. The molecule has 0 aliphatic carbocycles. The summed E-state index contributed by atoms with van der Waals surface area (Å²) in [6, 6.07) is 4.17. The summed E-state index contributed by atoms with van der Waals surface area (Å²) in [5.74, 6) is 0.933. The zero-order valence-electron chi connectivity index (χ0n) is 7.73. The van der Waals surface area contributed by atoms with Crippen molar-refractivity contribution in [3.8, 4) is 5.75 Å². The van der Waals surface area contributed by atoms with Crippen LogP contribution in [0, 0.1) is 6.92 Å². The van der Waals surface area contributed by atoms with Crippen LogP contribution in [0.3, 0.4) is 0 Å². The van der Waals surface area contributed by atoms with Gasteiger partial charge in [0.15, 0.2) is 0 Å². The van der Waals surface area contributed by atoms with Crippen molar-refractivity contribution in [3.05, 3.63) is 22.7 Å². The zero-order chi connectivity index (χ0) is 9.42. The Morgan fingerprint density at radius 1 is 1.54 bits per heavy atom. The predicted octanol–water partition coefficient (Wildman–Crippen LogP) is 2.84. The van der Waals surface area contributed by atoms with Crippen molar-refractivity contribution in [2.75, 3.05) is 11.9 Å². The van der Waals surface area contributed by atoms with Crippen LogP contribution >= 0.6 is 11.6 Å². The molecule has 3 heteroatoms. The quantitative estimate of drug-likeness (QED) is 0.691. The summed E-state index contributed by atoms with van der Waals surface area (Å²) < 4.78 is 5.60. The maximum atomic E-state index is 5.93. The van der Waals surface area contributed by atoms with Crippen LogP contribution in [0.25, 0.3) is 0 Å². The van der Waals surface area contributed by atoms with Crippen molar-refractivity contribution in [2.45, 2.75) is 19.9 Å². The van der Waals surface area contributed by atoms with Crippen LogP contribution in [0.15, 0.2) is 12.1 Å². The lowest BCUT2D eigenvalue weighted by Crippen LogP contribution is -2.28. The Morgan fingerprint density at radius 2 is 2.31 bits per heavy atom. The highest BCUT2D eigenvalue weighted by Crippen LogP contribution is 2.34. The molecule has 1 aromatic rings. The van der Waals surface area contributed by atoms with Crippen LogP contribution in [0.4, 0.5) is 5.69 Å². The zero-order valence-corrected chi connectivity index (χ0v) is 8.48. The fraction of sp³-hybridized carbons (Fsp3) is 0.400. The molecule has 1 atom stereocenters. The lowest BCUT2D eigenvalue weighted by Gasteiger charge is -2.26. The van der Waals surface area contributed by atoms with Crippen molar-refractivity contribution in [1.29, 1.82) is 0 Å². The first-order chi connectivity index (χ1) is 6.16. The van der Waals surface area contributed by atoms with Gasteiger partial charge in [0.1, 0.15) is 12.4 Å². The van der Waals surface area contributed by atoms with E-state index in [1.807, 2.05) is 19.1 Å². The molecule has 2 rings (SSSR count). The molecule has 13 heavy (non-hydrogen) atoms. The predicted molar refractivity (Wildman–Crippen MR) is 54.8 cm³/mol. The third-order valence-corrected chi connectivity index (χ3v) is 2.34. The second-order valence-electron chi connectivity index (χ2n) is 3.46. The third kappa shape index (κ3) is 1.59. The van der Waals surface area contributed by atoms with Crippen LogP contribution in [-0.4, -0.2) is 12.6 Å². The molecule has 1 unspecified atom stereocenters. The normalized spacial score (nSPS) is 20.1. The molecule has 0 spiro atoms. The lowest BCUT2D eigenvalue weighted by atomic mass is 10.1. The Bertz CT molecular complexity index is 338. The Labute approximate surface area is 82.9 Å². The molecule has 0 saturated heterocycles. The van der Waals surface area contributed by atoms with E-state index in [0.29, 0.717) is 6.04 Å². The van der Waals surface area contributed by atoms with E-state index in [-0.39, 0.29) is 0 Å². The number of benzene rings is 1. The highest BCUT2D eigenvalue weighted by molar-refractivity contribution is 6.31. The van der Waals surface area contributed by atoms with Crippen LogP contribution in [0.5, 0.6) is 5.75 Å². The van der Waals surface area contributed by atoms with Gasteiger partial charge in [-0.3, -0.25) is 0 Å². The van der Waals surface area contributed by atoms with Gasteiger partial charge in [-0.25, -0.2) is 0 Å². The van der Waals surface area contributed by atoms with Gasteiger partial charge >= 0.3 is 0 Å². The Morgan fingerprint density at radius 3 is 3.08 bits per heavy atom. The summed E-state index contributed by atoms with van der Waals surface area (Å²) in [5.41, 5.74) is 2.09. The van der Waals surface area contributed by atoms with E-state index >= 15 is 0 Å². The van der Waals surface area contributed by atoms with E-state index in [1.54, 1.807) is 0 Å². The summed E-state index contributed by atoms with van der Waals surface area (Å²) in [7, 11) is 0. The van der Waals surface area contributed by atoms with Gasteiger partial charge in [0.05, 0.1) is 11.7 Å². The molecule has 1 heterocycles. The molecule has 0 saturated carbocycles. The molecule has 0 amide bonds. The monoisotopic (exact) mass is 197 g/mol. The number of aryl methyl sites for hydroxylation is 1. The standard InChI is InChI=1S/C10H12ClNO/c1-6-3-8(11)4-9-10(6)13-5-7(2)12-9/h3-4,7,12H,5H2,1-2H3. The second-order valence-corrected chi connectivity index (χ2v) is 3.89. The number of fused-ring (bicyclic) bond motifs is 1. The van der Waals surface area contributed by atoms with Gasteiger partial charge in [-0.05, 0) is 31.5 Å². The van der Waals surface area contributed by atoms with Crippen LogP contribution in [-0.2, 0) is 0 Å². The average Bonchev–Trinajstić information content (AvgIpc) is 2.02. The summed E-state index contributed by atoms with van der Waals surface area (Å²) in [4.78, 5) is 0. The lowest BCUT2D eigenvalue weighted by molar-refractivity contribution is 0.290. The fourth-order valence-corrected chi connectivity index (χ4v) is 1.82. The highest BCUT2D eigenvalue weighted by atomic mass is 35.5. The SMILES string of the molecule is Cc1cc(Cl)cc2c1OCC(C)N2. The minimum Gasteiger partial charge on any atom is -0.489 e. The minimum atomic E-state index is 0.352. The summed E-state index contributed by atoms with van der Waals surface area (Å²) in [6.45, 7) is 4.80. The first-order valence-electron chi connectivity index (χ1n) is 4.36.